The highest BCUT2D eigenvalue weighted by Crippen LogP contribution is 2.27. The van der Waals surface area contributed by atoms with Crippen molar-refractivity contribution >= 4 is 18.0 Å². The molecule has 1 aromatic carbocycles. The first-order valence-electron chi connectivity index (χ1n) is 5.53. The number of fused-ring (bicyclic) bond motifs is 1. The third-order valence-electron chi connectivity index (χ3n) is 2.58. The minimum Gasteiger partial charge on any atom is -0.465 e. The molecule has 1 heterocycles. The summed E-state index contributed by atoms with van der Waals surface area (Å²) < 4.78 is 14.7. The molecule has 0 spiro atoms. The molecule has 98 valence electrons. The minimum absolute atomic E-state index is 0.0190. The molecule has 0 N–H and O–H groups in total. The van der Waals surface area contributed by atoms with Crippen molar-refractivity contribution in [1.82, 2.24) is 0 Å². The van der Waals surface area contributed by atoms with Gasteiger partial charge in [-0.1, -0.05) is 24.3 Å². The Hall–Kier alpha value is -2.56. The van der Waals surface area contributed by atoms with E-state index in [0.29, 0.717) is 5.75 Å². The third-order valence-corrected chi connectivity index (χ3v) is 2.58. The Bertz CT molecular complexity index is 583. The highest BCUT2D eigenvalue weighted by atomic mass is 16.6. The summed E-state index contributed by atoms with van der Waals surface area (Å²) in [7, 11) is 2.45. The summed E-state index contributed by atoms with van der Waals surface area (Å²) in [6.45, 7) is 0. The van der Waals surface area contributed by atoms with E-state index in [1.807, 2.05) is 6.07 Å². The molecule has 0 saturated carbocycles. The second-order valence-corrected chi connectivity index (χ2v) is 3.70. The number of hydrogen-bond acceptors (Lipinski definition) is 5. The van der Waals surface area contributed by atoms with E-state index < -0.39 is 11.9 Å². The highest BCUT2D eigenvalue weighted by Gasteiger charge is 2.25. The van der Waals surface area contributed by atoms with Gasteiger partial charge in [0, 0.05) is 5.56 Å². The highest BCUT2D eigenvalue weighted by molar-refractivity contribution is 6.02. The van der Waals surface area contributed by atoms with Gasteiger partial charge in [0.15, 0.2) is 0 Å². The van der Waals surface area contributed by atoms with Gasteiger partial charge in [0.25, 0.3) is 0 Å². The van der Waals surface area contributed by atoms with E-state index in [1.165, 1.54) is 20.3 Å². The number of para-hydroxylation sites is 1. The van der Waals surface area contributed by atoms with E-state index in [1.54, 1.807) is 24.3 Å². The van der Waals surface area contributed by atoms with Crippen LogP contribution in [0.2, 0.25) is 0 Å². The molecule has 5 heteroatoms. The molecule has 0 amide bonds. The molecule has 0 fully saturated rings. The van der Waals surface area contributed by atoms with Gasteiger partial charge in [-0.15, -0.1) is 0 Å². The molecule has 0 aliphatic carbocycles. The number of carbonyl (C=O) groups excluding carboxylic acids is 2. The second kappa shape index (κ2) is 5.39. The summed E-state index contributed by atoms with van der Waals surface area (Å²) in [5, 5.41) is 0. The van der Waals surface area contributed by atoms with Gasteiger partial charge in [0.05, 0.1) is 14.2 Å². The van der Waals surface area contributed by atoms with Gasteiger partial charge >= 0.3 is 11.9 Å². The van der Waals surface area contributed by atoms with Gasteiger partial charge in [0.2, 0.25) is 5.76 Å². The first-order valence-corrected chi connectivity index (χ1v) is 5.53. The van der Waals surface area contributed by atoms with Gasteiger partial charge < -0.3 is 14.2 Å². The van der Waals surface area contributed by atoms with Gasteiger partial charge in [-0.2, -0.15) is 0 Å². The molecular formula is C14H12O5. The number of carbonyl (C=O) groups is 2. The molecule has 0 radical (unpaired) electrons. The predicted octanol–water partition coefficient (Wildman–Crippen LogP) is 1.69. The van der Waals surface area contributed by atoms with Crippen LogP contribution in [-0.2, 0) is 19.1 Å². The second-order valence-electron chi connectivity index (χ2n) is 3.70. The molecular weight excluding hydrogens is 248 g/mol. The summed E-state index contributed by atoms with van der Waals surface area (Å²) in [4.78, 5) is 23.4. The van der Waals surface area contributed by atoms with Crippen molar-refractivity contribution in [2.45, 2.75) is 0 Å². The van der Waals surface area contributed by atoms with Crippen molar-refractivity contribution < 1.29 is 23.8 Å². The van der Waals surface area contributed by atoms with Gasteiger partial charge in [-0.05, 0) is 12.1 Å². The first kappa shape index (κ1) is 12.9. The Labute approximate surface area is 110 Å². The summed E-state index contributed by atoms with van der Waals surface area (Å²) >= 11 is 0. The lowest BCUT2D eigenvalue weighted by Gasteiger charge is -2.10. The molecule has 19 heavy (non-hydrogen) atoms. The van der Waals surface area contributed by atoms with Crippen LogP contribution < -0.4 is 4.74 Å². The summed E-state index contributed by atoms with van der Waals surface area (Å²) in [5.74, 6) is -1.11. The van der Waals surface area contributed by atoms with E-state index in [2.05, 4.69) is 9.47 Å². The third kappa shape index (κ3) is 2.49. The molecule has 5 nitrogen and oxygen atoms in total. The van der Waals surface area contributed by atoms with Gasteiger partial charge in [-0.25, -0.2) is 9.59 Å². The topological polar surface area (TPSA) is 61.8 Å². The standard InChI is InChI=1S/C14H12O5/c1-17-13(15)10-8-7-9-5-3-4-6-11(9)19-12(10)14(16)18-2/h3-8H,1-2H3. The number of ether oxygens (including phenoxy) is 3. The molecule has 0 bridgehead atoms. The largest absolute Gasteiger partial charge is 0.465 e. The quantitative estimate of drug-likeness (QED) is 0.757. The van der Waals surface area contributed by atoms with Crippen molar-refractivity contribution in [3.05, 3.63) is 47.2 Å². The molecule has 0 atom stereocenters. The van der Waals surface area contributed by atoms with Gasteiger partial charge in [-0.3, -0.25) is 0 Å². The Kier molecular flexibility index (Phi) is 3.66. The first-order chi connectivity index (χ1) is 9.17. The lowest BCUT2D eigenvalue weighted by atomic mass is 10.1. The minimum atomic E-state index is -0.734. The van der Waals surface area contributed by atoms with E-state index in [-0.39, 0.29) is 11.3 Å². The predicted molar refractivity (Wildman–Crippen MR) is 67.2 cm³/mol. The summed E-state index contributed by atoms with van der Waals surface area (Å²) in [6.07, 6.45) is 3.15. The normalized spacial score (nSPS) is 13.2. The zero-order chi connectivity index (χ0) is 13.8. The fourth-order valence-electron chi connectivity index (χ4n) is 1.64. The Morgan fingerprint density at radius 1 is 1.00 bits per heavy atom. The zero-order valence-corrected chi connectivity index (χ0v) is 10.5. The van der Waals surface area contributed by atoms with Crippen molar-refractivity contribution in [3.63, 3.8) is 0 Å². The maximum Gasteiger partial charge on any atom is 0.374 e. The van der Waals surface area contributed by atoms with Crippen LogP contribution in [0.25, 0.3) is 6.08 Å². The fraction of sp³-hybridized carbons (Fsp3) is 0.143. The number of rotatable bonds is 2. The van der Waals surface area contributed by atoms with Gasteiger partial charge in [0.1, 0.15) is 11.3 Å². The lowest BCUT2D eigenvalue weighted by molar-refractivity contribution is -0.141. The number of benzene rings is 1. The molecule has 1 aliphatic rings. The van der Waals surface area contributed by atoms with Crippen LogP contribution in [0.1, 0.15) is 5.56 Å². The van der Waals surface area contributed by atoms with Crippen LogP contribution in [0.3, 0.4) is 0 Å². The van der Waals surface area contributed by atoms with Crippen molar-refractivity contribution in [2.75, 3.05) is 14.2 Å². The molecule has 2 rings (SSSR count). The van der Waals surface area contributed by atoms with Crippen molar-refractivity contribution in [2.24, 2.45) is 0 Å². The fourth-order valence-corrected chi connectivity index (χ4v) is 1.64. The lowest BCUT2D eigenvalue weighted by Crippen LogP contribution is -2.17. The maximum absolute atomic E-state index is 11.7. The number of hydrogen-bond donors (Lipinski definition) is 0. The number of methoxy groups -OCH3 is 2. The van der Waals surface area contributed by atoms with Crippen LogP contribution in [0.15, 0.2) is 41.7 Å². The average molecular weight is 260 g/mol. The van der Waals surface area contributed by atoms with Crippen molar-refractivity contribution in [1.29, 1.82) is 0 Å². The van der Waals surface area contributed by atoms with Crippen molar-refractivity contribution in [3.8, 4) is 5.75 Å². The molecule has 1 aliphatic heterocycles. The SMILES string of the molecule is COC(=O)C1=C(C(=O)OC)Oc2ccccc2C=C1. The van der Waals surface area contributed by atoms with Crippen LogP contribution in [0.4, 0.5) is 0 Å². The Morgan fingerprint density at radius 3 is 2.37 bits per heavy atom. The monoisotopic (exact) mass is 260 g/mol. The van der Waals surface area contributed by atoms with E-state index in [9.17, 15) is 9.59 Å². The molecule has 0 saturated heterocycles. The van der Waals surface area contributed by atoms with Crippen LogP contribution in [0, 0.1) is 0 Å². The van der Waals surface area contributed by atoms with E-state index >= 15 is 0 Å². The Balaban J connectivity index is 2.54. The number of esters is 2. The molecule has 0 unspecified atom stereocenters. The smallest absolute Gasteiger partial charge is 0.374 e. The zero-order valence-electron chi connectivity index (χ0n) is 10.5. The van der Waals surface area contributed by atoms with Crippen LogP contribution >= 0.6 is 0 Å². The summed E-state index contributed by atoms with van der Waals surface area (Å²) in [6, 6.07) is 7.10. The van der Waals surface area contributed by atoms with E-state index in [0.717, 1.165) is 5.56 Å². The Morgan fingerprint density at radius 2 is 1.68 bits per heavy atom. The average Bonchev–Trinajstić information content (AvgIpc) is 2.65. The molecule has 1 aromatic rings. The summed E-state index contributed by atoms with van der Waals surface area (Å²) in [5.41, 5.74) is 0.772. The van der Waals surface area contributed by atoms with E-state index in [4.69, 9.17) is 4.74 Å². The maximum atomic E-state index is 11.7. The van der Waals surface area contributed by atoms with Crippen LogP contribution in [-0.4, -0.2) is 26.2 Å². The molecule has 0 aromatic heterocycles. The van der Waals surface area contributed by atoms with Crippen LogP contribution in [0.5, 0.6) is 5.75 Å².